The Bertz CT molecular complexity index is 961. The molecule has 28 heavy (non-hydrogen) atoms. The van der Waals surface area contributed by atoms with Gasteiger partial charge in [0.05, 0.1) is 0 Å². The van der Waals surface area contributed by atoms with Crippen LogP contribution in [0.2, 0.25) is 0 Å². The van der Waals surface area contributed by atoms with Gasteiger partial charge in [0.2, 0.25) is 0 Å². The molecule has 9 heteroatoms. The standard InChI is InChI=1S/C19H28BrN3O4S/c1-7-22-13-14(16-9-8-15(20)12-17(16)22)10-11-23(28(25,26)21(5)6)18(24)27-19(2,3)4/h8-9,12-13H,7,10-11H2,1-6H3. The molecule has 1 aromatic carbocycles. The summed E-state index contributed by atoms with van der Waals surface area (Å²) in [5.41, 5.74) is 1.25. The van der Waals surface area contributed by atoms with E-state index in [9.17, 15) is 13.2 Å². The van der Waals surface area contributed by atoms with Crippen LogP contribution in [-0.2, 0) is 27.9 Å². The van der Waals surface area contributed by atoms with Crippen molar-refractivity contribution in [2.45, 2.75) is 46.3 Å². The lowest BCUT2D eigenvalue weighted by molar-refractivity contribution is 0.0385. The molecule has 0 atom stereocenters. The number of rotatable bonds is 6. The largest absolute Gasteiger partial charge is 0.443 e. The quantitative estimate of drug-likeness (QED) is 0.635. The molecule has 156 valence electrons. The molecule has 0 spiro atoms. The van der Waals surface area contributed by atoms with Crippen molar-refractivity contribution in [2.75, 3.05) is 20.6 Å². The van der Waals surface area contributed by atoms with E-state index < -0.39 is 21.9 Å². The van der Waals surface area contributed by atoms with E-state index in [1.807, 2.05) is 31.3 Å². The third kappa shape index (κ3) is 5.07. The van der Waals surface area contributed by atoms with Crippen LogP contribution in [0.3, 0.4) is 0 Å². The highest BCUT2D eigenvalue weighted by Crippen LogP contribution is 2.26. The highest BCUT2D eigenvalue weighted by atomic mass is 79.9. The van der Waals surface area contributed by atoms with E-state index in [2.05, 4.69) is 20.5 Å². The normalized spacial score (nSPS) is 12.6. The van der Waals surface area contributed by atoms with E-state index >= 15 is 0 Å². The molecule has 0 saturated carbocycles. The van der Waals surface area contributed by atoms with Gasteiger partial charge in [0.1, 0.15) is 5.60 Å². The molecule has 0 saturated heterocycles. The Morgan fingerprint density at radius 2 is 1.89 bits per heavy atom. The summed E-state index contributed by atoms with van der Waals surface area (Å²) >= 11 is 3.49. The van der Waals surface area contributed by atoms with Crippen molar-refractivity contribution >= 4 is 43.1 Å². The van der Waals surface area contributed by atoms with Crippen LogP contribution in [0.25, 0.3) is 10.9 Å². The minimum atomic E-state index is -3.96. The fourth-order valence-corrected chi connectivity index (χ4v) is 4.13. The van der Waals surface area contributed by atoms with Gasteiger partial charge in [0.15, 0.2) is 0 Å². The Hall–Kier alpha value is -1.58. The molecule has 7 nitrogen and oxygen atoms in total. The van der Waals surface area contributed by atoms with E-state index in [1.54, 1.807) is 20.8 Å². The number of nitrogens with zero attached hydrogens (tertiary/aromatic N) is 3. The number of aromatic nitrogens is 1. The molecular weight excluding hydrogens is 446 g/mol. The minimum Gasteiger partial charge on any atom is -0.443 e. The van der Waals surface area contributed by atoms with Crippen molar-refractivity contribution in [3.05, 3.63) is 34.4 Å². The first-order valence-electron chi connectivity index (χ1n) is 9.07. The molecule has 0 aliphatic rings. The van der Waals surface area contributed by atoms with Crippen molar-refractivity contribution in [1.82, 2.24) is 13.2 Å². The number of carbonyl (C=O) groups is 1. The van der Waals surface area contributed by atoms with Gasteiger partial charge in [0, 0.05) is 48.8 Å². The number of hydrogen-bond acceptors (Lipinski definition) is 4. The third-order valence-corrected chi connectivity index (χ3v) is 6.49. The molecular formula is C19H28BrN3O4S. The molecule has 0 unspecified atom stereocenters. The first kappa shape index (κ1) is 22.7. The Morgan fingerprint density at radius 3 is 2.43 bits per heavy atom. The molecule has 0 aliphatic heterocycles. The van der Waals surface area contributed by atoms with Crippen LogP contribution < -0.4 is 0 Å². The first-order chi connectivity index (χ1) is 12.9. The molecule has 2 aromatic rings. The molecule has 0 aliphatic carbocycles. The maximum atomic E-state index is 12.7. The van der Waals surface area contributed by atoms with Crippen LogP contribution in [0.15, 0.2) is 28.9 Å². The second-order valence-corrected chi connectivity index (χ2v) is 10.7. The van der Waals surface area contributed by atoms with Gasteiger partial charge in [-0.2, -0.15) is 17.0 Å². The van der Waals surface area contributed by atoms with E-state index in [0.717, 1.165) is 36.1 Å². The average Bonchev–Trinajstić information content (AvgIpc) is 2.90. The van der Waals surface area contributed by atoms with Gasteiger partial charge in [-0.05, 0) is 51.8 Å². The van der Waals surface area contributed by atoms with E-state index in [1.165, 1.54) is 14.1 Å². The number of halogens is 1. The Kier molecular flexibility index (Phi) is 6.83. The number of ether oxygens (including phenoxy) is 1. The number of benzene rings is 1. The van der Waals surface area contributed by atoms with Crippen LogP contribution in [0.4, 0.5) is 4.79 Å². The number of amides is 1. The molecule has 1 amide bonds. The molecule has 0 N–H and O–H groups in total. The van der Waals surface area contributed by atoms with Crippen LogP contribution >= 0.6 is 15.9 Å². The average molecular weight is 474 g/mol. The third-order valence-electron chi connectivity index (χ3n) is 4.19. The van der Waals surface area contributed by atoms with Gasteiger partial charge < -0.3 is 9.30 Å². The smallest absolute Gasteiger partial charge is 0.425 e. The highest BCUT2D eigenvalue weighted by molar-refractivity contribution is 9.10. The second kappa shape index (κ2) is 8.42. The maximum Gasteiger partial charge on any atom is 0.425 e. The van der Waals surface area contributed by atoms with Crippen molar-refractivity contribution in [3.8, 4) is 0 Å². The lowest BCUT2D eigenvalue weighted by Gasteiger charge is -2.28. The summed E-state index contributed by atoms with van der Waals surface area (Å²) in [5.74, 6) is 0. The lowest BCUT2D eigenvalue weighted by atomic mass is 10.1. The Morgan fingerprint density at radius 1 is 1.25 bits per heavy atom. The van der Waals surface area contributed by atoms with Crippen molar-refractivity contribution in [1.29, 1.82) is 0 Å². The number of fused-ring (bicyclic) bond motifs is 1. The van der Waals surface area contributed by atoms with E-state index in [0.29, 0.717) is 6.42 Å². The summed E-state index contributed by atoms with van der Waals surface area (Å²) in [6.07, 6.45) is 1.52. The van der Waals surface area contributed by atoms with Crippen molar-refractivity contribution in [3.63, 3.8) is 0 Å². The Labute approximate surface area is 175 Å². The molecule has 1 heterocycles. The van der Waals surface area contributed by atoms with Crippen LogP contribution in [-0.4, -0.2) is 53.9 Å². The summed E-state index contributed by atoms with van der Waals surface area (Å²) in [4.78, 5) is 12.6. The molecule has 0 fully saturated rings. The summed E-state index contributed by atoms with van der Waals surface area (Å²) in [6.45, 7) is 7.95. The zero-order valence-electron chi connectivity index (χ0n) is 17.2. The molecule has 1 aromatic heterocycles. The molecule has 0 radical (unpaired) electrons. The van der Waals surface area contributed by atoms with Crippen LogP contribution in [0.1, 0.15) is 33.3 Å². The second-order valence-electron chi connectivity index (χ2n) is 7.69. The predicted molar refractivity (Wildman–Crippen MR) is 115 cm³/mol. The summed E-state index contributed by atoms with van der Waals surface area (Å²) in [5, 5.41) is 1.04. The van der Waals surface area contributed by atoms with Gasteiger partial charge >= 0.3 is 16.3 Å². The fourth-order valence-electron chi connectivity index (χ4n) is 2.83. The minimum absolute atomic E-state index is 0.00564. The van der Waals surface area contributed by atoms with Crippen LogP contribution in [0, 0.1) is 0 Å². The predicted octanol–water partition coefficient (Wildman–Crippen LogP) is 4.01. The van der Waals surface area contributed by atoms with E-state index in [4.69, 9.17) is 4.74 Å². The van der Waals surface area contributed by atoms with Gasteiger partial charge in [-0.25, -0.2) is 4.79 Å². The summed E-state index contributed by atoms with van der Waals surface area (Å²) < 4.78 is 35.6. The van der Waals surface area contributed by atoms with Crippen molar-refractivity contribution < 1.29 is 17.9 Å². The summed E-state index contributed by atoms with van der Waals surface area (Å²) in [6, 6.07) is 5.98. The molecule has 2 rings (SSSR count). The lowest BCUT2D eigenvalue weighted by Crippen LogP contribution is -2.46. The van der Waals surface area contributed by atoms with E-state index in [-0.39, 0.29) is 6.54 Å². The topological polar surface area (TPSA) is 71.8 Å². The SMILES string of the molecule is CCn1cc(CCN(C(=O)OC(C)(C)C)S(=O)(=O)N(C)C)c2ccc(Br)cc21. The van der Waals surface area contributed by atoms with Crippen LogP contribution in [0.5, 0.6) is 0 Å². The highest BCUT2D eigenvalue weighted by Gasteiger charge is 2.33. The summed E-state index contributed by atoms with van der Waals surface area (Å²) in [7, 11) is -1.17. The molecule has 0 bridgehead atoms. The number of aryl methyl sites for hydroxylation is 1. The fraction of sp³-hybridized carbons (Fsp3) is 0.526. The van der Waals surface area contributed by atoms with Gasteiger partial charge in [-0.3, -0.25) is 0 Å². The van der Waals surface area contributed by atoms with Gasteiger partial charge in [0.25, 0.3) is 0 Å². The first-order valence-corrected chi connectivity index (χ1v) is 11.3. The zero-order chi connectivity index (χ0) is 21.3. The van der Waals surface area contributed by atoms with Crippen molar-refractivity contribution in [2.24, 2.45) is 0 Å². The number of hydrogen-bond donors (Lipinski definition) is 0. The Balaban J connectivity index is 2.36. The maximum absolute atomic E-state index is 12.7. The number of carbonyl (C=O) groups excluding carboxylic acids is 1. The monoisotopic (exact) mass is 473 g/mol. The van der Waals surface area contributed by atoms with Gasteiger partial charge in [-0.1, -0.05) is 22.0 Å². The zero-order valence-corrected chi connectivity index (χ0v) is 19.6. The van der Waals surface area contributed by atoms with Gasteiger partial charge in [-0.15, -0.1) is 0 Å².